The molecule has 2 aliphatic rings. The Morgan fingerprint density at radius 1 is 1.18 bits per heavy atom. The van der Waals surface area contributed by atoms with Gasteiger partial charge in [-0.3, -0.25) is 14.5 Å². The van der Waals surface area contributed by atoms with E-state index in [1.165, 1.54) is 19.8 Å². The molecule has 2 fully saturated rings. The second kappa shape index (κ2) is 9.47. The maximum Gasteiger partial charge on any atom is 0.302 e. The number of hydrogen-bond donors (Lipinski definition) is 0. The van der Waals surface area contributed by atoms with E-state index in [2.05, 4.69) is 4.90 Å². The van der Waals surface area contributed by atoms with Crippen molar-refractivity contribution in [2.75, 3.05) is 20.1 Å². The van der Waals surface area contributed by atoms with Crippen LogP contribution in [0.2, 0.25) is 10.0 Å². The van der Waals surface area contributed by atoms with Crippen molar-refractivity contribution in [1.29, 1.82) is 0 Å². The quantitative estimate of drug-likeness (QED) is 0.668. The predicted molar refractivity (Wildman–Crippen MR) is 111 cm³/mol. The summed E-state index contributed by atoms with van der Waals surface area (Å²) < 4.78 is 5.49. The van der Waals surface area contributed by atoms with Crippen molar-refractivity contribution >= 4 is 35.1 Å². The van der Waals surface area contributed by atoms with Gasteiger partial charge in [0.05, 0.1) is 16.5 Å². The minimum atomic E-state index is -0.229. The summed E-state index contributed by atoms with van der Waals surface area (Å²) in [5.74, 6) is -0.161. The number of likely N-dealkylation sites (N-methyl/N-ethyl adjacent to an activating group) is 1. The fourth-order valence-corrected chi connectivity index (χ4v) is 4.81. The summed E-state index contributed by atoms with van der Waals surface area (Å²) in [6.07, 6.45) is 5.02. The molecule has 1 heterocycles. The molecule has 154 valence electrons. The molecule has 1 aliphatic heterocycles. The van der Waals surface area contributed by atoms with Crippen LogP contribution in [0, 0.1) is 0 Å². The van der Waals surface area contributed by atoms with Crippen LogP contribution >= 0.6 is 23.2 Å². The van der Waals surface area contributed by atoms with Gasteiger partial charge in [-0.15, -0.1) is 0 Å². The Hall–Kier alpha value is -1.30. The van der Waals surface area contributed by atoms with Gasteiger partial charge in [0.2, 0.25) is 5.91 Å². The summed E-state index contributed by atoms with van der Waals surface area (Å²) in [6.45, 7) is 3.55. The minimum Gasteiger partial charge on any atom is -0.462 e. The zero-order valence-corrected chi connectivity index (χ0v) is 18.0. The van der Waals surface area contributed by atoms with Gasteiger partial charge in [-0.2, -0.15) is 0 Å². The Balaban J connectivity index is 1.70. The van der Waals surface area contributed by atoms with Crippen LogP contribution in [0.5, 0.6) is 0 Å². The normalized spacial score (nSPS) is 25.5. The Morgan fingerprint density at radius 3 is 2.54 bits per heavy atom. The molecule has 0 spiro atoms. The number of rotatable bonds is 5. The number of ether oxygens (including phenoxy) is 1. The standard InChI is InChI=1S/C21H28Cl2N2O3/c1-14(26)28-16-6-8-19(20(13-16)25-9-3-4-10-25)24(2)21(27)12-15-5-7-17(22)18(23)11-15/h5,7,11,16,19-20H,3-4,6,8-10,12-13H2,1-2H3/t16-,19-,20+/m1/s1. The number of nitrogens with zero attached hydrogens (tertiary/aromatic N) is 2. The van der Waals surface area contributed by atoms with Crippen LogP contribution in [0.15, 0.2) is 18.2 Å². The number of carbonyl (C=O) groups is 2. The maximum atomic E-state index is 13.0. The first-order valence-corrected chi connectivity index (χ1v) is 10.7. The number of amides is 1. The summed E-state index contributed by atoms with van der Waals surface area (Å²) in [5, 5.41) is 0.954. The largest absolute Gasteiger partial charge is 0.462 e. The smallest absolute Gasteiger partial charge is 0.302 e. The highest BCUT2D eigenvalue weighted by atomic mass is 35.5. The fourth-order valence-electron chi connectivity index (χ4n) is 4.49. The lowest BCUT2D eigenvalue weighted by Gasteiger charge is -2.44. The van der Waals surface area contributed by atoms with E-state index in [9.17, 15) is 9.59 Å². The van der Waals surface area contributed by atoms with Crippen molar-refractivity contribution in [2.45, 2.75) is 63.6 Å². The van der Waals surface area contributed by atoms with Gasteiger partial charge in [-0.05, 0) is 56.5 Å². The number of hydrogen-bond acceptors (Lipinski definition) is 4. The van der Waals surface area contributed by atoms with Crippen LogP contribution in [0.4, 0.5) is 0 Å². The zero-order valence-electron chi connectivity index (χ0n) is 16.5. The van der Waals surface area contributed by atoms with Gasteiger partial charge in [0.25, 0.3) is 0 Å². The molecule has 0 bridgehead atoms. The molecule has 0 radical (unpaired) electrons. The second-order valence-electron chi connectivity index (χ2n) is 7.85. The fraction of sp³-hybridized carbons (Fsp3) is 0.619. The molecule has 0 unspecified atom stereocenters. The van der Waals surface area contributed by atoms with Crippen molar-refractivity contribution in [3.63, 3.8) is 0 Å². The van der Waals surface area contributed by atoms with Crippen molar-refractivity contribution in [2.24, 2.45) is 0 Å². The summed E-state index contributed by atoms with van der Waals surface area (Å²) in [7, 11) is 1.89. The van der Waals surface area contributed by atoms with Gasteiger partial charge in [-0.1, -0.05) is 29.3 Å². The summed E-state index contributed by atoms with van der Waals surface area (Å²) in [6, 6.07) is 5.67. The minimum absolute atomic E-state index is 0.0575. The Bertz CT molecular complexity index is 722. The first kappa shape index (κ1) is 21.4. The summed E-state index contributed by atoms with van der Waals surface area (Å²) in [5.41, 5.74) is 0.859. The van der Waals surface area contributed by atoms with E-state index in [1.54, 1.807) is 12.1 Å². The Labute approximate surface area is 176 Å². The molecule has 5 nitrogen and oxygen atoms in total. The molecule has 7 heteroatoms. The van der Waals surface area contributed by atoms with Crippen LogP contribution < -0.4 is 0 Å². The first-order chi connectivity index (χ1) is 13.3. The van der Waals surface area contributed by atoms with Gasteiger partial charge < -0.3 is 9.64 Å². The van der Waals surface area contributed by atoms with Gasteiger partial charge >= 0.3 is 5.97 Å². The van der Waals surface area contributed by atoms with Crippen molar-refractivity contribution in [3.8, 4) is 0 Å². The highest BCUT2D eigenvalue weighted by molar-refractivity contribution is 6.42. The third-order valence-corrected chi connectivity index (χ3v) is 6.64. The van der Waals surface area contributed by atoms with Crippen molar-refractivity contribution in [1.82, 2.24) is 9.80 Å². The molecule has 3 rings (SSSR count). The maximum absolute atomic E-state index is 13.0. The molecular formula is C21H28Cl2N2O3. The molecular weight excluding hydrogens is 399 g/mol. The van der Waals surface area contributed by atoms with Gasteiger partial charge in [-0.25, -0.2) is 0 Å². The van der Waals surface area contributed by atoms with Gasteiger partial charge in [0.1, 0.15) is 6.10 Å². The Morgan fingerprint density at radius 2 is 1.89 bits per heavy atom. The van der Waals surface area contributed by atoms with Crippen LogP contribution in [-0.2, 0) is 20.7 Å². The van der Waals surface area contributed by atoms with E-state index < -0.39 is 0 Å². The van der Waals surface area contributed by atoms with Gasteiger partial charge in [0.15, 0.2) is 0 Å². The zero-order chi connectivity index (χ0) is 20.3. The number of halogens is 2. The van der Waals surface area contributed by atoms with E-state index in [-0.39, 0.29) is 30.1 Å². The van der Waals surface area contributed by atoms with Crippen LogP contribution in [-0.4, -0.2) is 60.0 Å². The van der Waals surface area contributed by atoms with E-state index in [1.807, 2.05) is 18.0 Å². The van der Waals surface area contributed by atoms with E-state index in [4.69, 9.17) is 27.9 Å². The molecule has 0 N–H and O–H groups in total. The molecule has 1 aromatic carbocycles. The third-order valence-electron chi connectivity index (χ3n) is 5.91. The number of esters is 1. The van der Waals surface area contributed by atoms with Crippen molar-refractivity contribution in [3.05, 3.63) is 33.8 Å². The van der Waals surface area contributed by atoms with Crippen LogP contribution in [0.1, 0.15) is 44.6 Å². The molecule has 1 amide bonds. The average Bonchev–Trinajstić information content (AvgIpc) is 3.18. The summed E-state index contributed by atoms with van der Waals surface area (Å²) in [4.78, 5) is 28.7. The van der Waals surface area contributed by atoms with E-state index in [0.29, 0.717) is 16.5 Å². The average molecular weight is 427 g/mol. The highest BCUT2D eigenvalue weighted by Gasteiger charge is 2.39. The lowest BCUT2D eigenvalue weighted by Crippen LogP contribution is -2.56. The second-order valence-corrected chi connectivity index (χ2v) is 8.67. The SMILES string of the molecule is CC(=O)O[C@@H]1CC[C@@H](N(C)C(=O)Cc2ccc(Cl)c(Cl)c2)[C@@H](N2CCCC2)C1. The number of benzene rings is 1. The lowest BCUT2D eigenvalue weighted by molar-refractivity contribution is -0.151. The number of likely N-dealkylation sites (tertiary alicyclic amines) is 1. The molecule has 0 aromatic heterocycles. The van der Waals surface area contributed by atoms with Gasteiger partial charge in [0, 0.05) is 32.5 Å². The lowest BCUT2D eigenvalue weighted by atomic mass is 9.86. The van der Waals surface area contributed by atoms with Crippen LogP contribution in [0.25, 0.3) is 0 Å². The highest BCUT2D eigenvalue weighted by Crippen LogP contribution is 2.31. The monoisotopic (exact) mass is 426 g/mol. The summed E-state index contributed by atoms with van der Waals surface area (Å²) >= 11 is 12.1. The predicted octanol–water partition coefficient (Wildman–Crippen LogP) is 3.94. The van der Waals surface area contributed by atoms with E-state index >= 15 is 0 Å². The molecule has 1 aromatic rings. The molecule has 1 saturated carbocycles. The third kappa shape index (κ3) is 5.19. The van der Waals surface area contributed by atoms with Crippen molar-refractivity contribution < 1.29 is 14.3 Å². The molecule has 28 heavy (non-hydrogen) atoms. The molecule has 3 atom stereocenters. The van der Waals surface area contributed by atoms with E-state index in [0.717, 1.165) is 37.9 Å². The first-order valence-electron chi connectivity index (χ1n) is 9.96. The van der Waals surface area contributed by atoms with Crippen LogP contribution in [0.3, 0.4) is 0 Å². The molecule has 1 saturated heterocycles. The molecule has 1 aliphatic carbocycles. The number of carbonyl (C=O) groups excluding carboxylic acids is 2. The topological polar surface area (TPSA) is 49.9 Å². The Kier molecular flexibility index (Phi) is 7.24.